The lowest BCUT2D eigenvalue weighted by atomic mass is 9.94. The van der Waals surface area contributed by atoms with Gasteiger partial charge in [0.25, 0.3) is 11.7 Å². The Hall–Kier alpha value is -3.97. The highest BCUT2D eigenvalue weighted by Crippen LogP contribution is 2.43. The minimum Gasteiger partial charge on any atom is -0.507 e. The molecule has 1 N–H and O–H groups in total. The molecule has 0 aliphatic carbocycles. The van der Waals surface area contributed by atoms with Gasteiger partial charge in [-0.1, -0.05) is 29.8 Å². The molecule has 0 bridgehead atoms. The van der Waals surface area contributed by atoms with Crippen molar-refractivity contribution in [2.24, 2.45) is 0 Å². The number of aliphatic hydroxyl groups excluding tert-OH is 1. The lowest BCUT2D eigenvalue weighted by Crippen LogP contribution is -2.29. The number of nitrogens with zero attached hydrogens (tertiary/aromatic N) is 2. The minimum atomic E-state index is -0.862. The topological polar surface area (TPSA) is 79.3 Å². The molecule has 0 saturated carbocycles. The number of ketones is 1. The molecule has 3 aromatic rings. The van der Waals surface area contributed by atoms with Gasteiger partial charge in [0.2, 0.25) is 0 Å². The number of rotatable bonds is 8. The molecule has 1 saturated heterocycles. The SMILES string of the molecule is CCN(CC)c1ccc(C2/C(=C(\O)c3ccc(Cl)c(OC)c3)C(=O)C(=O)N2c2cccc(OC)c2)cc1. The van der Waals surface area contributed by atoms with Crippen LogP contribution in [0.25, 0.3) is 5.76 Å². The molecule has 0 radical (unpaired) electrons. The third-order valence-electron chi connectivity index (χ3n) is 6.54. The monoisotopic (exact) mass is 520 g/mol. The molecule has 8 heteroatoms. The first-order valence-electron chi connectivity index (χ1n) is 12.0. The second-order valence-electron chi connectivity index (χ2n) is 8.48. The standard InChI is InChI=1S/C29H29ClN2O5/c1-5-31(6-2)20-13-10-18(11-14-20)26-25(27(33)19-12-15-23(30)24(16-19)37-4)28(34)29(35)32(26)21-8-7-9-22(17-21)36-3/h7-17,26,33H,5-6H2,1-4H3/b27-25+. The van der Waals surface area contributed by atoms with Gasteiger partial charge in [0, 0.05) is 36.1 Å². The molecule has 4 rings (SSSR count). The average Bonchev–Trinajstić information content (AvgIpc) is 3.19. The molecule has 0 aromatic heterocycles. The number of carbonyl (C=O) groups is 2. The zero-order chi connectivity index (χ0) is 26.7. The highest BCUT2D eigenvalue weighted by Gasteiger charge is 2.47. The Balaban J connectivity index is 1.92. The van der Waals surface area contributed by atoms with E-state index < -0.39 is 17.7 Å². The smallest absolute Gasteiger partial charge is 0.300 e. The van der Waals surface area contributed by atoms with Crippen LogP contribution in [0.1, 0.15) is 31.0 Å². The van der Waals surface area contributed by atoms with Crippen molar-refractivity contribution in [3.63, 3.8) is 0 Å². The molecule has 1 aliphatic rings. The van der Waals surface area contributed by atoms with E-state index in [4.69, 9.17) is 21.1 Å². The van der Waals surface area contributed by atoms with E-state index in [-0.39, 0.29) is 11.3 Å². The van der Waals surface area contributed by atoms with Crippen LogP contribution in [-0.4, -0.2) is 44.1 Å². The van der Waals surface area contributed by atoms with Crippen LogP contribution in [0.2, 0.25) is 5.02 Å². The van der Waals surface area contributed by atoms with Gasteiger partial charge >= 0.3 is 0 Å². The number of carbonyl (C=O) groups excluding carboxylic acids is 2. The van der Waals surface area contributed by atoms with Crippen molar-refractivity contribution in [2.45, 2.75) is 19.9 Å². The summed E-state index contributed by atoms with van der Waals surface area (Å²) in [5, 5.41) is 11.7. The Kier molecular flexibility index (Phi) is 7.74. The van der Waals surface area contributed by atoms with E-state index in [1.54, 1.807) is 36.4 Å². The first-order valence-corrected chi connectivity index (χ1v) is 12.4. The van der Waals surface area contributed by atoms with Crippen LogP contribution < -0.4 is 19.3 Å². The van der Waals surface area contributed by atoms with Gasteiger partial charge in [-0.05, 0) is 61.9 Å². The predicted octanol–water partition coefficient (Wildman–Crippen LogP) is 5.83. The van der Waals surface area contributed by atoms with Crippen LogP contribution >= 0.6 is 11.6 Å². The summed E-state index contributed by atoms with van der Waals surface area (Å²) in [6.45, 7) is 5.85. The van der Waals surface area contributed by atoms with Crippen molar-refractivity contribution in [3.05, 3.63) is 88.5 Å². The summed E-state index contributed by atoms with van der Waals surface area (Å²) in [7, 11) is 2.99. The summed E-state index contributed by atoms with van der Waals surface area (Å²) in [5.41, 5.74) is 2.48. The number of aliphatic hydroxyl groups is 1. The normalized spacial score (nSPS) is 16.7. The maximum atomic E-state index is 13.4. The Morgan fingerprint density at radius 3 is 2.30 bits per heavy atom. The van der Waals surface area contributed by atoms with Crippen LogP contribution in [0.5, 0.6) is 11.5 Å². The van der Waals surface area contributed by atoms with Crippen molar-refractivity contribution in [1.82, 2.24) is 0 Å². The highest BCUT2D eigenvalue weighted by molar-refractivity contribution is 6.51. The zero-order valence-electron chi connectivity index (χ0n) is 21.2. The lowest BCUT2D eigenvalue weighted by Gasteiger charge is -2.27. The number of methoxy groups -OCH3 is 2. The van der Waals surface area contributed by atoms with Crippen LogP contribution in [0.4, 0.5) is 11.4 Å². The minimum absolute atomic E-state index is 0.0206. The molecule has 0 spiro atoms. The molecule has 1 fully saturated rings. The molecule has 3 aromatic carbocycles. The third kappa shape index (κ3) is 4.87. The molecule has 7 nitrogen and oxygen atoms in total. The van der Waals surface area contributed by atoms with E-state index in [9.17, 15) is 14.7 Å². The number of hydrogen-bond donors (Lipinski definition) is 1. The Labute approximate surface area is 221 Å². The molecular weight excluding hydrogens is 492 g/mol. The summed E-state index contributed by atoms with van der Waals surface area (Å²) in [6.07, 6.45) is 0. The van der Waals surface area contributed by atoms with Crippen LogP contribution in [0.15, 0.2) is 72.3 Å². The van der Waals surface area contributed by atoms with Crippen LogP contribution in [-0.2, 0) is 9.59 Å². The van der Waals surface area contributed by atoms with E-state index in [2.05, 4.69) is 18.7 Å². The van der Waals surface area contributed by atoms with Gasteiger partial charge in [0.05, 0.1) is 30.9 Å². The van der Waals surface area contributed by atoms with E-state index in [1.165, 1.54) is 25.2 Å². The first-order chi connectivity index (χ1) is 17.8. The summed E-state index contributed by atoms with van der Waals surface area (Å²) in [6, 6.07) is 18.4. The largest absolute Gasteiger partial charge is 0.507 e. The zero-order valence-corrected chi connectivity index (χ0v) is 22.0. The van der Waals surface area contributed by atoms with Crippen LogP contribution in [0.3, 0.4) is 0 Å². The van der Waals surface area contributed by atoms with E-state index >= 15 is 0 Å². The van der Waals surface area contributed by atoms with Crippen molar-refractivity contribution in [2.75, 3.05) is 37.1 Å². The summed E-state index contributed by atoms with van der Waals surface area (Å²) >= 11 is 6.17. The summed E-state index contributed by atoms with van der Waals surface area (Å²) < 4.78 is 10.6. The molecular formula is C29H29ClN2O5. The Bertz CT molecular complexity index is 1350. The Morgan fingerprint density at radius 2 is 1.68 bits per heavy atom. The number of benzene rings is 3. The van der Waals surface area contributed by atoms with Gasteiger partial charge in [0.15, 0.2) is 0 Å². The maximum absolute atomic E-state index is 13.4. The van der Waals surface area contributed by atoms with Gasteiger partial charge in [-0.2, -0.15) is 0 Å². The van der Waals surface area contributed by atoms with Crippen molar-refractivity contribution in [1.29, 1.82) is 0 Å². The number of Topliss-reactive ketones (excluding diaryl/α,β-unsaturated/α-hetero) is 1. The molecule has 1 heterocycles. The van der Waals surface area contributed by atoms with E-state index in [1.807, 2.05) is 24.3 Å². The second kappa shape index (κ2) is 11.0. The summed E-state index contributed by atoms with van der Waals surface area (Å²) in [4.78, 5) is 30.4. The van der Waals surface area contributed by atoms with Gasteiger partial charge in [0.1, 0.15) is 17.3 Å². The third-order valence-corrected chi connectivity index (χ3v) is 6.85. The molecule has 1 unspecified atom stereocenters. The Morgan fingerprint density at radius 1 is 0.973 bits per heavy atom. The van der Waals surface area contributed by atoms with Gasteiger partial charge in [-0.3, -0.25) is 14.5 Å². The van der Waals surface area contributed by atoms with E-state index in [0.29, 0.717) is 33.3 Å². The number of amides is 1. The average molecular weight is 521 g/mol. The van der Waals surface area contributed by atoms with Crippen molar-refractivity contribution < 1.29 is 24.2 Å². The lowest BCUT2D eigenvalue weighted by molar-refractivity contribution is -0.132. The summed E-state index contributed by atoms with van der Waals surface area (Å²) in [5.74, 6) is -0.956. The van der Waals surface area contributed by atoms with Crippen molar-refractivity contribution >= 4 is 40.4 Å². The highest BCUT2D eigenvalue weighted by atomic mass is 35.5. The number of ether oxygens (including phenoxy) is 2. The number of halogens is 1. The molecule has 1 atom stereocenters. The van der Waals surface area contributed by atoms with Gasteiger partial charge < -0.3 is 19.5 Å². The quantitative estimate of drug-likeness (QED) is 0.229. The molecule has 1 aliphatic heterocycles. The van der Waals surface area contributed by atoms with E-state index in [0.717, 1.165) is 18.8 Å². The first kappa shape index (κ1) is 26.1. The fourth-order valence-corrected chi connectivity index (χ4v) is 4.79. The fraction of sp³-hybridized carbons (Fsp3) is 0.241. The number of hydrogen-bond acceptors (Lipinski definition) is 6. The molecule has 192 valence electrons. The number of anilines is 2. The maximum Gasteiger partial charge on any atom is 0.300 e. The fourth-order valence-electron chi connectivity index (χ4n) is 4.59. The van der Waals surface area contributed by atoms with Gasteiger partial charge in [-0.25, -0.2) is 0 Å². The van der Waals surface area contributed by atoms with Gasteiger partial charge in [-0.15, -0.1) is 0 Å². The predicted molar refractivity (Wildman–Crippen MR) is 146 cm³/mol. The van der Waals surface area contributed by atoms with Crippen molar-refractivity contribution in [3.8, 4) is 11.5 Å². The second-order valence-corrected chi connectivity index (χ2v) is 8.89. The van der Waals surface area contributed by atoms with Crippen LogP contribution in [0, 0.1) is 0 Å². The molecule has 1 amide bonds. The molecule has 37 heavy (non-hydrogen) atoms.